The lowest BCUT2D eigenvalue weighted by Gasteiger charge is -2.18. The Morgan fingerprint density at radius 3 is 2.48 bits per heavy atom. The number of nitrogens with two attached hydrogens (primary N) is 1. The number of hydrogen-bond acceptors (Lipinski definition) is 6. The second kappa shape index (κ2) is 11.4. The summed E-state index contributed by atoms with van der Waals surface area (Å²) in [6.07, 6.45) is -0.218. The second-order valence-electron chi connectivity index (χ2n) is 9.92. The van der Waals surface area contributed by atoms with Crippen LogP contribution in [0.2, 0.25) is 0 Å². The van der Waals surface area contributed by atoms with E-state index < -0.39 is 17.7 Å². The van der Waals surface area contributed by atoms with Crippen molar-refractivity contribution in [2.75, 3.05) is 7.05 Å². The van der Waals surface area contributed by atoms with Crippen molar-refractivity contribution in [3.8, 4) is 28.1 Å². The fourth-order valence-electron chi connectivity index (χ4n) is 4.88. The van der Waals surface area contributed by atoms with Gasteiger partial charge in [-0.25, -0.2) is 18.5 Å². The van der Waals surface area contributed by atoms with Crippen molar-refractivity contribution in [2.24, 2.45) is 15.7 Å². The molecule has 8 nitrogen and oxygen atoms in total. The molecule has 42 heavy (non-hydrogen) atoms. The Morgan fingerprint density at radius 1 is 1.05 bits per heavy atom. The molecule has 0 saturated carbocycles. The van der Waals surface area contributed by atoms with Crippen molar-refractivity contribution in [2.45, 2.75) is 32.9 Å². The van der Waals surface area contributed by atoms with E-state index in [-0.39, 0.29) is 46.0 Å². The van der Waals surface area contributed by atoms with Gasteiger partial charge in [-0.3, -0.25) is 9.79 Å². The largest absolute Gasteiger partial charge is 0.488 e. The van der Waals surface area contributed by atoms with Crippen LogP contribution in [0.1, 0.15) is 38.1 Å². The van der Waals surface area contributed by atoms with Gasteiger partial charge in [0.2, 0.25) is 5.43 Å². The van der Waals surface area contributed by atoms with E-state index in [1.807, 2.05) is 0 Å². The molecule has 0 spiro atoms. The molecular weight excluding hydrogens is 540 g/mol. The Balaban J connectivity index is 1.77. The number of benzene rings is 3. The van der Waals surface area contributed by atoms with Crippen molar-refractivity contribution in [1.82, 2.24) is 9.78 Å². The van der Waals surface area contributed by atoms with Crippen LogP contribution in [0.15, 0.2) is 85.9 Å². The molecule has 0 aliphatic carbocycles. The van der Waals surface area contributed by atoms with Crippen LogP contribution in [0.25, 0.3) is 33.4 Å². The molecule has 0 aliphatic rings. The van der Waals surface area contributed by atoms with Crippen LogP contribution in [0.5, 0.6) is 5.75 Å². The maximum absolute atomic E-state index is 15.1. The summed E-state index contributed by atoms with van der Waals surface area (Å²) in [5.74, 6) is -0.448. The van der Waals surface area contributed by atoms with Gasteiger partial charge in [-0.1, -0.05) is 24.3 Å². The minimum atomic E-state index is -0.772. The highest BCUT2D eigenvalue weighted by Crippen LogP contribution is 2.38. The standard InChI is InChI=1S/C32H29F2N5O3/c1-17(2)41-25-14-13-20(16-23(25)34)28-27(31(35)36-4)32(37-5)39(38-28)18(3)30-26(19-9-8-10-21(33)15-19)29(40)22-11-6-7-12-24(22)42-30/h6-18H,5H2,1-4H3,(H2,35,36). The normalized spacial score (nSPS) is 12.6. The van der Waals surface area contributed by atoms with Gasteiger partial charge in [0.15, 0.2) is 17.4 Å². The van der Waals surface area contributed by atoms with Gasteiger partial charge in [0, 0.05) is 12.6 Å². The first-order valence-corrected chi connectivity index (χ1v) is 13.2. The number of ether oxygens (including phenoxy) is 1. The summed E-state index contributed by atoms with van der Waals surface area (Å²) in [6, 6.07) is 16.2. The highest BCUT2D eigenvalue weighted by atomic mass is 19.1. The van der Waals surface area contributed by atoms with E-state index in [9.17, 15) is 9.18 Å². The summed E-state index contributed by atoms with van der Waals surface area (Å²) in [7, 11) is 1.51. The molecule has 1 atom stereocenters. The molecule has 0 saturated heterocycles. The van der Waals surface area contributed by atoms with E-state index in [4.69, 9.17) is 20.0 Å². The first kappa shape index (κ1) is 28.4. The maximum atomic E-state index is 15.1. The SMILES string of the molecule is C=Nc1c(C(N)=NC)c(-c2ccc(OC(C)C)c(F)c2)nn1C(C)c1oc2ccccc2c(=O)c1-c1cccc(F)c1. The lowest BCUT2D eigenvalue weighted by molar-refractivity contribution is 0.231. The van der Waals surface area contributed by atoms with E-state index in [1.165, 1.54) is 42.1 Å². The van der Waals surface area contributed by atoms with E-state index >= 15 is 4.39 Å². The summed E-state index contributed by atoms with van der Waals surface area (Å²) in [4.78, 5) is 22.1. The van der Waals surface area contributed by atoms with Gasteiger partial charge in [0.1, 0.15) is 34.7 Å². The summed E-state index contributed by atoms with van der Waals surface area (Å²) in [5, 5.41) is 5.11. The number of rotatable bonds is 8. The number of nitrogens with zero attached hydrogens (tertiary/aromatic N) is 4. The Kier molecular flexibility index (Phi) is 7.71. The number of fused-ring (bicyclic) bond motifs is 1. The summed E-state index contributed by atoms with van der Waals surface area (Å²) < 4.78 is 42.7. The van der Waals surface area contributed by atoms with Crippen molar-refractivity contribution < 1.29 is 17.9 Å². The zero-order chi connectivity index (χ0) is 30.1. The third kappa shape index (κ3) is 5.07. The first-order chi connectivity index (χ1) is 20.1. The molecule has 0 fully saturated rings. The average molecular weight is 570 g/mol. The molecule has 5 aromatic rings. The number of para-hydroxylation sites is 1. The monoisotopic (exact) mass is 569 g/mol. The Morgan fingerprint density at radius 2 is 1.81 bits per heavy atom. The van der Waals surface area contributed by atoms with Crippen LogP contribution >= 0.6 is 0 Å². The molecule has 2 N–H and O–H groups in total. The fourth-order valence-corrected chi connectivity index (χ4v) is 4.88. The molecule has 5 rings (SSSR count). The fraction of sp³-hybridized carbons (Fsp3) is 0.188. The third-order valence-electron chi connectivity index (χ3n) is 6.78. The first-order valence-electron chi connectivity index (χ1n) is 13.2. The predicted octanol–water partition coefficient (Wildman–Crippen LogP) is 6.67. The lowest BCUT2D eigenvalue weighted by atomic mass is 9.99. The summed E-state index contributed by atoms with van der Waals surface area (Å²) >= 11 is 0. The van der Waals surface area contributed by atoms with Gasteiger partial charge >= 0.3 is 0 Å². The Bertz CT molecular complexity index is 1910. The molecule has 0 radical (unpaired) electrons. The third-order valence-corrected chi connectivity index (χ3v) is 6.78. The van der Waals surface area contributed by atoms with Crippen molar-refractivity contribution in [3.63, 3.8) is 0 Å². The van der Waals surface area contributed by atoms with Crippen molar-refractivity contribution in [1.29, 1.82) is 0 Å². The van der Waals surface area contributed by atoms with Gasteiger partial charge in [-0.05, 0) is 75.5 Å². The smallest absolute Gasteiger partial charge is 0.200 e. The van der Waals surface area contributed by atoms with Gasteiger partial charge in [0.05, 0.1) is 22.6 Å². The highest BCUT2D eigenvalue weighted by molar-refractivity contribution is 6.06. The van der Waals surface area contributed by atoms with Crippen LogP contribution in [-0.2, 0) is 0 Å². The average Bonchev–Trinajstić information content (AvgIpc) is 3.37. The zero-order valence-corrected chi connectivity index (χ0v) is 23.6. The lowest BCUT2D eigenvalue weighted by Crippen LogP contribution is -2.16. The highest BCUT2D eigenvalue weighted by Gasteiger charge is 2.29. The molecule has 2 aromatic heterocycles. The molecule has 0 amide bonds. The number of hydrogen-bond donors (Lipinski definition) is 1. The quantitative estimate of drug-likeness (QED) is 0.166. The molecule has 1 unspecified atom stereocenters. The van der Waals surface area contributed by atoms with Crippen LogP contribution in [0.3, 0.4) is 0 Å². The molecule has 0 bridgehead atoms. The predicted molar refractivity (Wildman–Crippen MR) is 161 cm³/mol. The minimum Gasteiger partial charge on any atom is -0.488 e. The van der Waals surface area contributed by atoms with Crippen molar-refractivity contribution in [3.05, 3.63) is 99.9 Å². The molecule has 214 valence electrons. The zero-order valence-electron chi connectivity index (χ0n) is 23.6. The number of aromatic nitrogens is 2. The van der Waals surface area contributed by atoms with Crippen LogP contribution in [-0.4, -0.2) is 35.5 Å². The second-order valence-corrected chi connectivity index (χ2v) is 9.92. The molecule has 3 aromatic carbocycles. The minimum absolute atomic E-state index is 0.0964. The number of amidine groups is 1. The number of aliphatic imine (C=N–C) groups is 2. The van der Waals surface area contributed by atoms with Crippen LogP contribution in [0, 0.1) is 11.6 Å². The van der Waals surface area contributed by atoms with Gasteiger partial charge in [-0.2, -0.15) is 5.10 Å². The molecular formula is C32H29F2N5O3. The maximum Gasteiger partial charge on any atom is 0.200 e. The topological polar surface area (TPSA) is 108 Å². The molecule has 10 heteroatoms. The van der Waals surface area contributed by atoms with Crippen LogP contribution < -0.4 is 15.9 Å². The van der Waals surface area contributed by atoms with E-state index in [2.05, 4.69) is 16.7 Å². The van der Waals surface area contributed by atoms with E-state index in [0.29, 0.717) is 27.7 Å². The summed E-state index contributed by atoms with van der Waals surface area (Å²) in [5.41, 5.74) is 7.85. The molecule has 0 aliphatic heterocycles. The van der Waals surface area contributed by atoms with E-state index in [0.717, 1.165) is 0 Å². The number of halogens is 2. The van der Waals surface area contributed by atoms with Gasteiger partial charge in [-0.15, -0.1) is 0 Å². The summed E-state index contributed by atoms with van der Waals surface area (Å²) in [6.45, 7) is 9.08. The Hall–Kier alpha value is -5.12. The van der Waals surface area contributed by atoms with Crippen molar-refractivity contribution >= 4 is 29.3 Å². The van der Waals surface area contributed by atoms with Crippen LogP contribution in [0.4, 0.5) is 14.6 Å². The van der Waals surface area contributed by atoms with Gasteiger partial charge < -0.3 is 14.9 Å². The van der Waals surface area contributed by atoms with Gasteiger partial charge in [0.25, 0.3) is 0 Å². The van der Waals surface area contributed by atoms with E-state index in [1.54, 1.807) is 57.2 Å². The Labute approximate surface area is 240 Å². The molecule has 2 heterocycles.